The molecule has 0 saturated carbocycles. The molecule has 2 heterocycles. The van der Waals surface area contributed by atoms with Gasteiger partial charge in [0.15, 0.2) is 0 Å². The number of hydrogen-bond donors (Lipinski definition) is 0. The van der Waals surface area contributed by atoms with E-state index in [1.807, 2.05) is 30.5 Å². The highest BCUT2D eigenvalue weighted by atomic mass is 35.5. The van der Waals surface area contributed by atoms with Crippen LogP contribution in [0.15, 0.2) is 72.9 Å². The van der Waals surface area contributed by atoms with E-state index in [2.05, 4.69) is 55.8 Å². The van der Waals surface area contributed by atoms with Crippen molar-refractivity contribution < 1.29 is 4.74 Å². The Balaban J connectivity index is 1.67. The number of aromatic nitrogens is 1. The van der Waals surface area contributed by atoms with E-state index < -0.39 is 0 Å². The summed E-state index contributed by atoms with van der Waals surface area (Å²) in [6, 6.07) is 22.7. The van der Waals surface area contributed by atoms with Crippen molar-refractivity contribution in [1.82, 2.24) is 4.98 Å². The van der Waals surface area contributed by atoms with E-state index in [-0.39, 0.29) is 12.0 Å². The quantitative estimate of drug-likeness (QED) is 0.493. The van der Waals surface area contributed by atoms with Gasteiger partial charge in [0, 0.05) is 29.3 Å². The Kier molecular flexibility index (Phi) is 6.09. The summed E-state index contributed by atoms with van der Waals surface area (Å²) < 4.78 is 6.16. The van der Waals surface area contributed by atoms with Crippen LogP contribution in [-0.2, 0) is 4.74 Å². The van der Waals surface area contributed by atoms with Crippen molar-refractivity contribution in [2.24, 2.45) is 0 Å². The van der Waals surface area contributed by atoms with Crippen LogP contribution in [0.3, 0.4) is 0 Å². The molecule has 0 amide bonds. The Morgan fingerprint density at radius 1 is 1.00 bits per heavy atom. The average Bonchev–Trinajstić information content (AvgIpc) is 2.76. The molecule has 0 spiro atoms. The fourth-order valence-corrected chi connectivity index (χ4v) is 4.27. The molecule has 4 rings (SSSR count). The molecule has 3 atom stereocenters. The van der Waals surface area contributed by atoms with E-state index >= 15 is 0 Å². The topological polar surface area (TPSA) is 22.1 Å². The molecule has 1 aromatic heterocycles. The molecule has 2 nitrogen and oxygen atoms in total. The summed E-state index contributed by atoms with van der Waals surface area (Å²) in [6.07, 6.45) is 7.35. The van der Waals surface area contributed by atoms with Gasteiger partial charge in [-0.15, -0.1) is 0 Å². The molecule has 3 aromatic rings. The van der Waals surface area contributed by atoms with Crippen molar-refractivity contribution in [3.8, 4) is 11.3 Å². The molecular weight excluding hydrogens is 366 g/mol. The Morgan fingerprint density at radius 3 is 2.46 bits per heavy atom. The monoisotopic (exact) mass is 389 g/mol. The van der Waals surface area contributed by atoms with E-state index in [0.29, 0.717) is 5.92 Å². The molecule has 1 saturated heterocycles. The van der Waals surface area contributed by atoms with Crippen LogP contribution < -0.4 is 0 Å². The van der Waals surface area contributed by atoms with Crippen molar-refractivity contribution in [3.63, 3.8) is 0 Å². The molecule has 2 aromatic carbocycles. The molecule has 1 aliphatic heterocycles. The van der Waals surface area contributed by atoms with Gasteiger partial charge in [0.1, 0.15) is 0 Å². The van der Waals surface area contributed by atoms with E-state index in [0.717, 1.165) is 35.7 Å². The second kappa shape index (κ2) is 8.89. The van der Waals surface area contributed by atoms with E-state index in [4.69, 9.17) is 21.3 Å². The zero-order chi connectivity index (χ0) is 19.3. The van der Waals surface area contributed by atoms with Gasteiger partial charge in [0.2, 0.25) is 0 Å². The highest BCUT2D eigenvalue weighted by molar-refractivity contribution is 6.33. The third kappa shape index (κ3) is 4.14. The van der Waals surface area contributed by atoms with Crippen molar-refractivity contribution in [3.05, 3.63) is 95.5 Å². The number of ether oxygens (including phenoxy) is 1. The minimum absolute atomic E-state index is 0.122. The van der Waals surface area contributed by atoms with Gasteiger partial charge in [-0.1, -0.05) is 73.1 Å². The molecular formula is C25H24ClNO. The van der Waals surface area contributed by atoms with Crippen LogP contribution in [0.25, 0.3) is 11.3 Å². The standard InChI is InChI=1S/C25H24ClNO/c1-18(19-9-3-2-4-10-19)25(24-13-7-8-16-28-24)20-14-15-23(27-17-20)21-11-5-6-12-22(21)26/h2-6,9-12,14-15,17-18,24-25H,8,13,16H2,1H3/t18-,24?,25?/m1/s1. The zero-order valence-corrected chi connectivity index (χ0v) is 16.8. The van der Waals surface area contributed by atoms with Crippen LogP contribution >= 0.6 is 11.6 Å². The molecule has 142 valence electrons. The maximum Gasteiger partial charge on any atom is 0.0717 e. The second-order valence-electron chi connectivity index (χ2n) is 7.30. The van der Waals surface area contributed by atoms with Gasteiger partial charge < -0.3 is 4.74 Å². The Labute approximate surface area is 172 Å². The summed E-state index contributed by atoms with van der Waals surface area (Å²) in [6.45, 7) is 3.02. The second-order valence-corrected chi connectivity index (χ2v) is 7.70. The first kappa shape index (κ1) is 19.2. The summed E-state index contributed by atoms with van der Waals surface area (Å²) >= 11 is 6.35. The van der Waals surface area contributed by atoms with Gasteiger partial charge in [-0.2, -0.15) is 0 Å². The van der Waals surface area contributed by atoms with E-state index in [1.54, 1.807) is 0 Å². The first-order valence-corrected chi connectivity index (χ1v) is 10.2. The normalized spacial score (nSPS) is 19.1. The lowest BCUT2D eigenvalue weighted by Crippen LogP contribution is -2.30. The Hall–Kier alpha value is -2.16. The molecule has 0 N–H and O–H groups in total. The summed E-state index contributed by atoms with van der Waals surface area (Å²) in [5, 5.41) is 0.719. The number of nitrogens with zero attached hydrogens (tertiary/aromatic N) is 1. The molecule has 0 bridgehead atoms. The number of pyridine rings is 1. The number of benzene rings is 2. The number of rotatable bonds is 5. The van der Waals surface area contributed by atoms with Gasteiger partial charge in [-0.25, -0.2) is 0 Å². The minimum Gasteiger partial charge on any atom is -0.378 e. The van der Waals surface area contributed by atoms with Crippen LogP contribution in [-0.4, -0.2) is 17.7 Å². The van der Waals surface area contributed by atoms with Crippen molar-refractivity contribution in [2.75, 3.05) is 6.61 Å². The maximum atomic E-state index is 6.35. The van der Waals surface area contributed by atoms with Crippen LogP contribution in [0.4, 0.5) is 0 Å². The van der Waals surface area contributed by atoms with Gasteiger partial charge in [0.05, 0.1) is 11.8 Å². The first-order valence-electron chi connectivity index (χ1n) is 9.82. The molecule has 3 heteroatoms. The van der Waals surface area contributed by atoms with Gasteiger partial charge in [-0.3, -0.25) is 4.98 Å². The molecule has 28 heavy (non-hydrogen) atoms. The van der Waals surface area contributed by atoms with Gasteiger partial charge in [0.25, 0.3) is 0 Å². The van der Waals surface area contributed by atoms with Crippen LogP contribution in [0.2, 0.25) is 5.02 Å². The number of hydrogen-bond acceptors (Lipinski definition) is 2. The SMILES string of the molecule is C[C@H](c1ccccc1)C(c1ccc(-c2ccccc2Cl)nc1)C1C[C]CCO1. The molecule has 2 radical (unpaired) electrons. The van der Waals surface area contributed by atoms with Crippen molar-refractivity contribution >= 4 is 11.6 Å². The molecule has 1 aliphatic rings. The lowest BCUT2D eigenvalue weighted by Gasteiger charge is -2.34. The minimum atomic E-state index is 0.122. The fourth-order valence-electron chi connectivity index (χ4n) is 4.04. The van der Waals surface area contributed by atoms with Crippen LogP contribution in [0, 0.1) is 6.42 Å². The molecule has 1 fully saturated rings. The van der Waals surface area contributed by atoms with Crippen molar-refractivity contribution in [2.45, 2.75) is 37.7 Å². The first-order chi connectivity index (χ1) is 13.7. The predicted octanol–water partition coefficient (Wildman–Crippen LogP) is 6.55. The maximum absolute atomic E-state index is 6.35. The average molecular weight is 390 g/mol. The Bertz CT molecular complexity index is 888. The zero-order valence-electron chi connectivity index (χ0n) is 16.0. The third-order valence-electron chi connectivity index (χ3n) is 5.54. The fraction of sp³-hybridized carbons (Fsp3) is 0.280. The highest BCUT2D eigenvalue weighted by Gasteiger charge is 2.31. The molecule has 0 aliphatic carbocycles. The van der Waals surface area contributed by atoms with Crippen LogP contribution in [0.1, 0.15) is 42.7 Å². The van der Waals surface area contributed by atoms with E-state index in [9.17, 15) is 0 Å². The number of halogens is 1. The van der Waals surface area contributed by atoms with Gasteiger partial charge >= 0.3 is 0 Å². The summed E-state index contributed by atoms with van der Waals surface area (Å²) in [5.74, 6) is 0.544. The summed E-state index contributed by atoms with van der Waals surface area (Å²) in [4.78, 5) is 4.74. The molecule has 2 unspecified atom stereocenters. The van der Waals surface area contributed by atoms with E-state index in [1.165, 1.54) is 11.1 Å². The Morgan fingerprint density at radius 2 is 1.79 bits per heavy atom. The van der Waals surface area contributed by atoms with Crippen molar-refractivity contribution in [1.29, 1.82) is 0 Å². The predicted molar refractivity (Wildman–Crippen MR) is 114 cm³/mol. The van der Waals surface area contributed by atoms with Gasteiger partial charge in [-0.05, 0) is 48.4 Å². The largest absolute Gasteiger partial charge is 0.378 e. The lowest BCUT2D eigenvalue weighted by atomic mass is 9.77. The third-order valence-corrected chi connectivity index (χ3v) is 5.87. The smallest absolute Gasteiger partial charge is 0.0717 e. The summed E-state index contributed by atoms with van der Waals surface area (Å²) in [7, 11) is 0. The summed E-state index contributed by atoms with van der Waals surface area (Å²) in [5.41, 5.74) is 4.36. The van der Waals surface area contributed by atoms with Crippen LogP contribution in [0.5, 0.6) is 0 Å². The highest BCUT2D eigenvalue weighted by Crippen LogP contribution is 2.40. The lowest BCUT2D eigenvalue weighted by molar-refractivity contribution is 0.0107.